The summed E-state index contributed by atoms with van der Waals surface area (Å²) in [5.41, 5.74) is 1.86. The molecule has 2 unspecified atom stereocenters. The number of para-hydroxylation sites is 1. The number of alkyl halides is 1. The molecule has 102 valence electrons. The van der Waals surface area contributed by atoms with Crippen molar-refractivity contribution in [3.05, 3.63) is 46.7 Å². The molecule has 0 bridgehead atoms. The predicted octanol–water partition coefficient (Wildman–Crippen LogP) is 2.62. The van der Waals surface area contributed by atoms with Crippen molar-refractivity contribution in [2.75, 3.05) is 5.33 Å². The Kier molecular flexibility index (Phi) is 4.62. The molecule has 4 nitrogen and oxygen atoms in total. The lowest BCUT2D eigenvalue weighted by Crippen LogP contribution is -2.20. The number of aliphatic hydroxyl groups is 2. The highest BCUT2D eigenvalue weighted by Crippen LogP contribution is 2.30. The third-order valence-electron chi connectivity index (χ3n) is 2.87. The quantitative estimate of drug-likeness (QED) is 0.838. The van der Waals surface area contributed by atoms with Gasteiger partial charge in [-0.15, -0.1) is 0 Å². The Morgan fingerprint density at radius 3 is 2.53 bits per heavy atom. The first kappa shape index (κ1) is 14.5. The van der Waals surface area contributed by atoms with Crippen LogP contribution >= 0.6 is 27.5 Å². The number of benzene rings is 1. The van der Waals surface area contributed by atoms with Crippen molar-refractivity contribution in [3.63, 3.8) is 0 Å². The topological polar surface area (TPSA) is 58.3 Å². The van der Waals surface area contributed by atoms with Crippen molar-refractivity contribution < 1.29 is 10.2 Å². The minimum atomic E-state index is -1.07. The molecule has 0 aliphatic heterocycles. The van der Waals surface area contributed by atoms with Crippen molar-refractivity contribution in [2.45, 2.75) is 19.1 Å². The Morgan fingerprint density at radius 1 is 1.32 bits per heavy atom. The largest absolute Gasteiger partial charge is 0.389 e. The SMILES string of the molecule is Cc1nn(-c2ccccc2)c(Cl)c1C(O)C(O)CBr. The molecule has 2 atom stereocenters. The van der Waals surface area contributed by atoms with E-state index in [4.69, 9.17) is 11.6 Å². The molecular weight excluding hydrogens is 332 g/mol. The Bertz CT molecular complexity index is 559. The summed E-state index contributed by atoms with van der Waals surface area (Å²) in [6.45, 7) is 1.75. The molecule has 0 radical (unpaired) electrons. The molecule has 0 fully saturated rings. The van der Waals surface area contributed by atoms with E-state index in [0.717, 1.165) is 5.69 Å². The van der Waals surface area contributed by atoms with Crippen molar-refractivity contribution in [3.8, 4) is 5.69 Å². The lowest BCUT2D eigenvalue weighted by Gasteiger charge is -2.15. The molecule has 2 rings (SSSR count). The van der Waals surface area contributed by atoms with Gasteiger partial charge in [0.25, 0.3) is 0 Å². The normalized spacial score (nSPS) is 14.4. The maximum Gasteiger partial charge on any atom is 0.139 e. The van der Waals surface area contributed by atoms with Crippen LogP contribution in [0.15, 0.2) is 30.3 Å². The van der Waals surface area contributed by atoms with Gasteiger partial charge in [0.15, 0.2) is 0 Å². The van der Waals surface area contributed by atoms with Gasteiger partial charge in [-0.1, -0.05) is 45.7 Å². The second kappa shape index (κ2) is 6.05. The van der Waals surface area contributed by atoms with E-state index in [9.17, 15) is 10.2 Å². The van der Waals surface area contributed by atoms with Gasteiger partial charge in [0.1, 0.15) is 11.3 Å². The van der Waals surface area contributed by atoms with Crippen LogP contribution in [0.25, 0.3) is 5.69 Å². The van der Waals surface area contributed by atoms with Crippen molar-refractivity contribution >= 4 is 27.5 Å². The average molecular weight is 346 g/mol. The van der Waals surface area contributed by atoms with E-state index >= 15 is 0 Å². The fourth-order valence-electron chi connectivity index (χ4n) is 1.86. The number of nitrogens with zero attached hydrogens (tertiary/aromatic N) is 2. The molecule has 0 aliphatic rings. The summed E-state index contributed by atoms with van der Waals surface area (Å²) >= 11 is 9.41. The minimum absolute atomic E-state index is 0.264. The van der Waals surface area contributed by atoms with Crippen molar-refractivity contribution in [1.82, 2.24) is 9.78 Å². The molecule has 1 aromatic heterocycles. The summed E-state index contributed by atoms with van der Waals surface area (Å²) in [6.07, 6.45) is -1.99. The van der Waals surface area contributed by atoms with Gasteiger partial charge in [-0.2, -0.15) is 5.10 Å². The van der Waals surface area contributed by atoms with Crippen LogP contribution in [0.1, 0.15) is 17.4 Å². The second-order valence-electron chi connectivity index (χ2n) is 4.20. The number of aliphatic hydroxyl groups excluding tert-OH is 2. The van der Waals surface area contributed by atoms with Crippen molar-refractivity contribution in [1.29, 1.82) is 0 Å². The van der Waals surface area contributed by atoms with Crippen LogP contribution in [0.5, 0.6) is 0 Å². The molecule has 0 saturated heterocycles. The Balaban J connectivity index is 2.46. The minimum Gasteiger partial charge on any atom is -0.389 e. The van der Waals surface area contributed by atoms with Crippen LogP contribution in [-0.2, 0) is 0 Å². The molecule has 0 aliphatic carbocycles. The molecule has 1 heterocycles. The van der Waals surface area contributed by atoms with Crippen LogP contribution in [-0.4, -0.2) is 31.4 Å². The molecule has 2 aromatic rings. The molecule has 0 saturated carbocycles. The Morgan fingerprint density at radius 2 is 1.95 bits per heavy atom. The molecule has 1 aromatic carbocycles. The highest BCUT2D eigenvalue weighted by Gasteiger charge is 2.26. The zero-order valence-electron chi connectivity index (χ0n) is 10.3. The smallest absolute Gasteiger partial charge is 0.139 e. The summed E-state index contributed by atoms with van der Waals surface area (Å²) in [4.78, 5) is 0. The van der Waals surface area contributed by atoms with Crippen molar-refractivity contribution in [2.24, 2.45) is 0 Å². The predicted molar refractivity (Wildman–Crippen MR) is 78.1 cm³/mol. The van der Waals surface area contributed by atoms with E-state index < -0.39 is 12.2 Å². The highest BCUT2D eigenvalue weighted by atomic mass is 79.9. The summed E-state index contributed by atoms with van der Waals surface area (Å²) in [6, 6.07) is 9.40. The van der Waals surface area contributed by atoms with Gasteiger partial charge >= 0.3 is 0 Å². The zero-order valence-corrected chi connectivity index (χ0v) is 12.6. The van der Waals surface area contributed by atoms with Gasteiger partial charge in [-0.05, 0) is 19.1 Å². The highest BCUT2D eigenvalue weighted by molar-refractivity contribution is 9.09. The molecule has 0 amide bonds. The number of halogens is 2. The van der Waals surface area contributed by atoms with Crippen LogP contribution in [0, 0.1) is 6.92 Å². The first-order valence-corrected chi connectivity index (χ1v) is 7.28. The van der Waals surface area contributed by atoms with E-state index in [1.807, 2.05) is 30.3 Å². The molecular formula is C13H14BrClN2O2. The fourth-order valence-corrected chi connectivity index (χ4v) is 2.60. The number of hydrogen-bond acceptors (Lipinski definition) is 3. The third kappa shape index (κ3) is 2.84. The molecule has 2 N–H and O–H groups in total. The second-order valence-corrected chi connectivity index (χ2v) is 5.21. The molecule has 0 spiro atoms. The molecule has 6 heteroatoms. The first-order valence-electron chi connectivity index (χ1n) is 5.78. The Labute approximate surface area is 124 Å². The third-order valence-corrected chi connectivity index (χ3v) is 3.89. The summed E-state index contributed by atoms with van der Waals surface area (Å²) in [5.74, 6) is 0. The van der Waals surface area contributed by atoms with E-state index in [2.05, 4.69) is 21.0 Å². The van der Waals surface area contributed by atoms with E-state index in [0.29, 0.717) is 16.4 Å². The summed E-state index contributed by atoms with van der Waals surface area (Å²) in [7, 11) is 0. The first-order chi connectivity index (χ1) is 9.06. The van der Waals surface area contributed by atoms with Gasteiger partial charge in [0.2, 0.25) is 0 Å². The molecule has 19 heavy (non-hydrogen) atoms. The van der Waals surface area contributed by atoms with Gasteiger partial charge in [0.05, 0.1) is 17.5 Å². The van der Waals surface area contributed by atoms with E-state index in [1.54, 1.807) is 11.6 Å². The monoisotopic (exact) mass is 344 g/mol. The lowest BCUT2D eigenvalue weighted by molar-refractivity contribution is 0.0339. The van der Waals surface area contributed by atoms with Gasteiger partial charge in [-0.3, -0.25) is 0 Å². The standard InChI is InChI=1S/C13H14BrClN2O2/c1-8-11(12(19)10(18)7-14)13(15)17(16-8)9-5-3-2-4-6-9/h2-6,10,12,18-19H,7H2,1H3. The number of aromatic nitrogens is 2. The van der Waals surface area contributed by atoms with Crippen LogP contribution in [0.4, 0.5) is 0 Å². The van der Waals surface area contributed by atoms with E-state index in [1.165, 1.54) is 0 Å². The average Bonchev–Trinajstić information content (AvgIpc) is 2.73. The maximum atomic E-state index is 10.1. The van der Waals surface area contributed by atoms with Gasteiger partial charge in [0, 0.05) is 10.9 Å². The fraction of sp³-hybridized carbons (Fsp3) is 0.308. The van der Waals surface area contributed by atoms with Gasteiger partial charge < -0.3 is 10.2 Å². The zero-order chi connectivity index (χ0) is 14.0. The van der Waals surface area contributed by atoms with Crippen LogP contribution in [0.2, 0.25) is 5.15 Å². The summed E-state index contributed by atoms with van der Waals surface area (Å²) in [5, 5.41) is 24.7. The number of hydrogen-bond donors (Lipinski definition) is 2. The number of rotatable bonds is 4. The Hall–Kier alpha value is -0.880. The number of aryl methyl sites for hydroxylation is 1. The van der Waals surface area contributed by atoms with E-state index in [-0.39, 0.29) is 5.33 Å². The summed E-state index contributed by atoms with van der Waals surface area (Å²) < 4.78 is 1.55. The van der Waals surface area contributed by atoms with Crippen LogP contribution in [0.3, 0.4) is 0 Å². The lowest BCUT2D eigenvalue weighted by atomic mass is 10.1. The van der Waals surface area contributed by atoms with Crippen LogP contribution < -0.4 is 0 Å². The van der Waals surface area contributed by atoms with Gasteiger partial charge in [-0.25, -0.2) is 4.68 Å². The maximum absolute atomic E-state index is 10.1.